The average Bonchev–Trinajstić information content (AvgIpc) is 2.85. The van der Waals surface area contributed by atoms with Gasteiger partial charge in [0.15, 0.2) is 0 Å². The van der Waals surface area contributed by atoms with Gasteiger partial charge in [-0.15, -0.1) is 0 Å². The van der Waals surface area contributed by atoms with Crippen LogP contribution >= 0.6 is 0 Å². The van der Waals surface area contributed by atoms with E-state index in [1.54, 1.807) is 0 Å². The second-order valence-corrected chi connectivity index (χ2v) is 7.95. The molecule has 0 aliphatic carbocycles. The average molecular weight is 316 g/mol. The molecule has 3 fully saturated rings. The molecule has 0 aromatic carbocycles. The van der Waals surface area contributed by atoms with Gasteiger partial charge in [0.1, 0.15) is 0 Å². The van der Waals surface area contributed by atoms with Crippen LogP contribution < -0.4 is 0 Å². The molecule has 1 spiro atoms. The van der Waals surface area contributed by atoms with E-state index in [9.17, 15) is 5.11 Å². The predicted molar refractivity (Wildman–Crippen MR) is 90.1 cm³/mol. The monoisotopic (exact) mass is 316 g/mol. The van der Waals surface area contributed by atoms with Crippen LogP contribution in [0.1, 0.15) is 25.8 Å². The fourth-order valence-corrected chi connectivity index (χ4v) is 4.74. The Morgan fingerprint density at radius 2 is 2.13 bits per heavy atom. The van der Waals surface area contributed by atoms with E-state index in [1.807, 2.05) is 18.5 Å². The summed E-state index contributed by atoms with van der Waals surface area (Å²) in [4.78, 5) is 12.0. The van der Waals surface area contributed by atoms with Gasteiger partial charge in [0, 0.05) is 63.7 Å². The number of hydrogen-bond donors (Lipinski definition) is 1. The third kappa shape index (κ3) is 2.80. The van der Waals surface area contributed by atoms with Gasteiger partial charge in [-0.3, -0.25) is 19.7 Å². The van der Waals surface area contributed by atoms with E-state index in [4.69, 9.17) is 0 Å². The van der Waals surface area contributed by atoms with Crippen molar-refractivity contribution in [2.45, 2.75) is 50.5 Å². The minimum atomic E-state index is -0.150. The van der Waals surface area contributed by atoms with Gasteiger partial charge in [-0.25, -0.2) is 0 Å². The van der Waals surface area contributed by atoms with Gasteiger partial charge < -0.3 is 5.11 Å². The Morgan fingerprint density at radius 1 is 1.30 bits per heavy atom. The Bertz CT molecular complexity index is 543. The quantitative estimate of drug-likeness (QED) is 0.893. The Kier molecular flexibility index (Phi) is 3.92. The number of likely N-dealkylation sites (tertiary alicyclic amines) is 1. The summed E-state index contributed by atoms with van der Waals surface area (Å²) >= 11 is 0. The van der Waals surface area contributed by atoms with Gasteiger partial charge in [-0.2, -0.15) is 0 Å². The molecule has 4 heterocycles. The van der Waals surface area contributed by atoms with E-state index < -0.39 is 0 Å². The topological polar surface area (TPSA) is 42.8 Å². The smallest absolute Gasteiger partial charge is 0.0682 e. The highest BCUT2D eigenvalue weighted by atomic mass is 16.3. The first-order valence-corrected chi connectivity index (χ1v) is 8.86. The summed E-state index contributed by atoms with van der Waals surface area (Å²) in [5, 5.41) is 10.2. The van der Waals surface area contributed by atoms with Crippen molar-refractivity contribution >= 4 is 0 Å². The van der Waals surface area contributed by atoms with Crippen LogP contribution in [-0.2, 0) is 6.54 Å². The van der Waals surface area contributed by atoms with E-state index in [0.29, 0.717) is 12.1 Å². The standard InChI is InChI=1S/C18H28N4O/c1-14(2)21-12-18(13-21)11-20(8-15-4-3-5-19-7-15)9-16-6-17(23)10-22(16)18/h3-5,7,14,16-17,23H,6,8-13H2,1-2H3/t16-,17+/m0/s1. The molecule has 1 N–H and O–H groups in total. The number of aliphatic hydroxyl groups is 1. The number of aromatic nitrogens is 1. The van der Waals surface area contributed by atoms with Crippen molar-refractivity contribution in [2.24, 2.45) is 0 Å². The van der Waals surface area contributed by atoms with Crippen molar-refractivity contribution in [3.05, 3.63) is 30.1 Å². The molecule has 3 saturated heterocycles. The van der Waals surface area contributed by atoms with Gasteiger partial charge in [-0.1, -0.05) is 6.07 Å². The zero-order valence-corrected chi connectivity index (χ0v) is 14.2. The molecule has 2 atom stereocenters. The molecule has 0 amide bonds. The van der Waals surface area contributed by atoms with E-state index in [1.165, 1.54) is 5.56 Å². The molecular weight excluding hydrogens is 288 g/mol. The van der Waals surface area contributed by atoms with Crippen LogP contribution in [0.4, 0.5) is 0 Å². The van der Waals surface area contributed by atoms with Crippen molar-refractivity contribution in [3.63, 3.8) is 0 Å². The van der Waals surface area contributed by atoms with Crippen LogP contribution in [0.2, 0.25) is 0 Å². The summed E-state index contributed by atoms with van der Waals surface area (Å²) in [5.41, 5.74) is 1.53. The molecule has 0 saturated carbocycles. The lowest BCUT2D eigenvalue weighted by Gasteiger charge is -2.62. The lowest BCUT2D eigenvalue weighted by molar-refractivity contribution is -0.124. The summed E-state index contributed by atoms with van der Waals surface area (Å²) in [7, 11) is 0. The Morgan fingerprint density at radius 3 is 2.83 bits per heavy atom. The van der Waals surface area contributed by atoms with Crippen molar-refractivity contribution in [1.82, 2.24) is 19.7 Å². The normalized spacial score (nSPS) is 31.5. The highest BCUT2D eigenvalue weighted by molar-refractivity contribution is 5.15. The van der Waals surface area contributed by atoms with E-state index in [2.05, 4.69) is 39.6 Å². The molecule has 5 nitrogen and oxygen atoms in total. The largest absolute Gasteiger partial charge is 0.392 e. The molecular formula is C18H28N4O. The van der Waals surface area contributed by atoms with Gasteiger partial charge in [0.05, 0.1) is 11.6 Å². The number of fused-ring (bicyclic) bond motifs is 2. The van der Waals surface area contributed by atoms with Gasteiger partial charge in [-0.05, 0) is 31.9 Å². The zero-order chi connectivity index (χ0) is 16.0. The molecule has 1 aromatic heterocycles. The fourth-order valence-electron chi connectivity index (χ4n) is 4.74. The number of β-amino-alcohol motifs (C(OH)–C–C–N with tert-alkyl or cyclic N) is 1. The molecule has 4 rings (SSSR count). The number of nitrogens with zero attached hydrogens (tertiary/aromatic N) is 4. The number of piperazine rings is 1. The molecule has 0 radical (unpaired) electrons. The Labute approximate surface area is 138 Å². The van der Waals surface area contributed by atoms with Crippen LogP contribution in [0.3, 0.4) is 0 Å². The SMILES string of the molecule is CC(C)N1CC2(CN(Cc3cccnc3)C[C@@H]3C[C@@H](O)CN32)C1. The summed E-state index contributed by atoms with van der Waals surface area (Å²) in [6.45, 7) is 10.8. The maximum Gasteiger partial charge on any atom is 0.0682 e. The lowest BCUT2D eigenvalue weighted by atomic mass is 9.82. The summed E-state index contributed by atoms with van der Waals surface area (Å²) < 4.78 is 0. The second-order valence-electron chi connectivity index (χ2n) is 7.95. The van der Waals surface area contributed by atoms with E-state index >= 15 is 0 Å². The Balaban J connectivity index is 1.51. The summed E-state index contributed by atoms with van der Waals surface area (Å²) in [5.74, 6) is 0. The zero-order valence-electron chi connectivity index (χ0n) is 14.2. The third-order valence-corrected chi connectivity index (χ3v) is 5.84. The first-order valence-electron chi connectivity index (χ1n) is 8.86. The first kappa shape index (κ1) is 15.5. The molecule has 3 aliphatic heterocycles. The van der Waals surface area contributed by atoms with Crippen LogP contribution in [0.15, 0.2) is 24.5 Å². The summed E-state index contributed by atoms with van der Waals surface area (Å²) in [6, 6.07) is 5.30. The van der Waals surface area contributed by atoms with Crippen molar-refractivity contribution in [2.75, 3.05) is 32.7 Å². The molecule has 3 aliphatic rings. The molecule has 126 valence electrons. The summed E-state index contributed by atoms with van der Waals surface area (Å²) in [6.07, 6.45) is 4.59. The first-order chi connectivity index (χ1) is 11.1. The Hall–Kier alpha value is -1.01. The molecule has 0 unspecified atom stereocenters. The van der Waals surface area contributed by atoms with Crippen LogP contribution in [0, 0.1) is 0 Å². The van der Waals surface area contributed by atoms with Gasteiger partial charge in [0.25, 0.3) is 0 Å². The number of hydrogen-bond acceptors (Lipinski definition) is 5. The van der Waals surface area contributed by atoms with E-state index in [0.717, 1.165) is 45.7 Å². The minimum absolute atomic E-state index is 0.150. The maximum absolute atomic E-state index is 10.2. The lowest BCUT2D eigenvalue weighted by Crippen LogP contribution is -2.78. The van der Waals surface area contributed by atoms with Crippen molar-refractivity contribution in [3.8, 4) is 0 Å². The van der Waals surface area contributed by atoms with Crippen molar-refractivity contribution < 1.29 is 5.11 Å². The maximum atomic E-state index is 10.2. The fraction of sp³-hybridized carbons (Fsp3) is 0.722. The highest BCUT2D eigenvalue weighted by Gasteiger charge is 2.56. The van der Waals surface area contributed by atoms with E-state index in [-0.39, 0.29) is 11.6 Å². The third-order valence-electron chi connectivity index (χ3n) is 5.84. The predicted octanol–water partition coefficient (Wildman–Crippen LogP) is 0.795. The molecule has 1 aromatic rings. The van der Waals surface area contributed by atoms with Gasteiger partial charge in [0.2, 0.25) is 0 Å². The number of pyridine rings is 1. The van der Waals surface area contributed by atoms with Crippen molar-refractivity contribution in [1.29, 1.82) is 0 Å². The van der Waals surface area contributed by atoms with Crippen LogP contribution in [0.5, 0.6) is 0 Å². The molecule has 5 heteroatoms. The minimum Gasteiger partial charge on any atom is -0.392 e. The second kappa shape index (κ2) is 5.81. The highest BCUT2D eigenvalue weighted by Crippen LogP contribution is 2.39. The molecule has 0 bridgehead atoms. The molecule has 23 heavy (non-hydrogen) atoms. The van der Waals surface area contributed by atoms with Crippen LogP contribution in [0.25, 0.3) is 0 Å². The number of aliphatic hydroxyl groups excluding tert-OH is 1. The number of rotatable bonds is 3. The van der Waals surface area contributed by atoms with Crippen LogP contribution in [-0.4, -0.2) is 81.2 Å². The van der Waals surface area contributed by atoms with Gasteiger partial charge >= 0.3 is 0 Å².